The Balaban J connectivity index is 2.32. The third-order valence-electron chi connectivity index (χ3n) is 2.34. The van der Waals surface area contributed by atoms with E-state index >= 15 is 0 Å². The van der Waals surface area contributed by atoms with Gasteiger partial charge in [0, 0.05) is 26.8 Å². The van der Waals surface area contributed by atoms with Crippen molar-refractivity contribution in [1.29, 1.82) is 0 Å². The van der Waals surface area contributed by atoms with Crippen LogP contribution in [-0.4, -0.2) is 51.5 Å². The smallest absolute Gasteiger partial charge is 0.0714 e. The van der Waals surface area contributed by atoms with Gasteiger partial charge in [-0.05, 0) is 13.5 Å². The van der Waals surface area contributed by atoms with Crippen LogP contribution in [0.4, 0.5) is 0 Å². The van der Waals surface area contributed by atoms with Crippen LogP contribution in [0.5, 0.6) is 0 Å². The number of hydrogen-bond acceptors (Lipinski definition) is 3. The van der Waals surface area contributed by atoms with Gasteiger partial charge in [-0.3, -0.25) is 4.90 Å². The molecule has 0 saturated carbocycles. The van der Waals surface area contributed by atoms with E-state index in [2.05, 4.69) is 11.9 Å². The van der Waals surface area contributed by atoms with Gasteiger partial charge in [0.25, 0.3) is 0 Å². The van der Waals surface area contributed by atoms with Crippen molar-refractivity contribution in [3.05, 3.63) is 0 Å². The lowest BCUT2D eigenvalue weighted by atomic mass is 10.2. The fourth-order valence-corrected chi connectivity index (χ4v) is 1.59. The minimum Gasteiger partial charge on any atom is -0.383 e. The first kappa shape index (κ1) is 8.97. The van der Waals surface area contributed by atoms with Gasteiger partial charge < -0.3 is 9.47 Å². The van der Waals surface area contributed by atoms with E-state index in [9.17, 15) is 0 Å². The molecule has 0 bridgehead atoms. The van der Waals surface area contributed by atoms with Gasteiger partial charge in [-0.15, -0.1) is 0 Å². The summed E-state index contributed by atoms with van der Waals surface area (Å²) in [4.78, 5) is 2.29. The molecular weight excluding hydrogens is 142 g/mol. The first-order chi connectivity index (χ1) is 5.27. The van der Waals surface area contributed by atoms with E-state index in [-0.39, 0.29) is 0 Å². The maximum Gasteiger partial charge on any atom is 0.0714 e. The van der Waals surface area contributed by atoms with Gasteiger partial charge >= 0.3 is 0 Å². The van der Waals surface area contributed by atoms with Crippen molar-refractivity contribution in [3.8, 4) is 0 Å². The molecule has 0 aliphatic carbocycles. The lowest BCUT2D eigenvalue weighted by molar-refractivity contribution is 0.110. The third-order valence-corrected chi connectivity index (χ3v) is 2.34. The molecule has 0 radical (unpaired) electrons. The van der Waals surface area contributed by atoms with E-state index in [4.69, 9.17) is 9.47 Å². The highest BCUT2D eigenvalue weighted by Gasteiger charge is 2.28. The Morgan fingerprint density at radius 3 is 2.64 bits per heavy atom. The van der Waals surface area contributed by atoms with Gasteiger partial charge in [0.2, 0.25) is 0 Å². The summed E-state index contributed by atoms with van der Waals surface area (Å²) in [5.41, 5.74) is 0. The molecule has 3 nitrogen and oxygen atoms in total. The summed E-state index contributed by atoms with van der Waals surface area (Å²) in [6.45, 7) is 1.85. The van der Waals surface area contributed by atoms with Crippen LogP contribution in [0.3, 0.4) is 0 Å². The second-order valence-corrected chi connectivity index (χ2v) is 3.14. The topological polar surface area (TPSA) is 21.7 Å². The summed E-state index contributed by atoms with van der Waals surface area (Å²) in [5, 5.41) is 0. The SMILES string of the molecule is COC[C@H]1C[C@H](OC)CN1C. The van der Waals surface area contributed by atoms with Crippen LogP contribution < -0.4 is 0 Å². The van der Waals surface area contributed by atoms with Crippen LogP contribution in [0.15, 0.2) is 0 Å². The fraction of sp³-hybridized carbons (Fsp3) is 1.00. The van der Waals surface area contributed by atoms with Crippen molar-refractivity contribution >= 4 is 0 Å². The highest BCUT2D eigenvalue weighted by molar-refractivity contribution is 4.83. The van der Waals surface area contributed by atoms with E-state index in [0.717, 1.165) is 19.6 Å². The zero-order valence-electron chi connectivity index (χ0n) is 7.54. The van der Waals surface area contributed by atoms with Crippen LogP contribution in [0, 0.1) is 0 Å². The molecule has 1 fully saturated rings. The third kappa shape index (κ3) is 2.15. The van der Waals surface area contributed by atoms with E-state index < -0.39 is 0 Å². The van der Waals surface area contributed by atoms with Crippen LogP contribution in [0.25, 0.3) is 0 Å². The van der Waals surface area contributed by atoms with Crippen molar-refractivity contribution < 1.29 is 9.47 Å². The molecule has 0 spiro atoms. The number of hydrogen-bond donors (Lipinski definition) is 0. The Morgan fingerprint density at radius 1 is 1.45 bits per heavy atom. The largest absolute Gasteiger partial charge is 0.383 e. The van der Waals surface area contributed by atoms with Crippen LogP contribution in [-0.2, 0) is 9.47 Å². The number of methoxy groups -OCH3 is 2. The lowest BCUT2D eigenvalue weighted by Crippen LogP contribution is -2.28. The molecule has 1 rings (SSSR count). The standard InChI is InChI=1S/C8H17NO2/c1-9-5-8(11-3)4-7(9)6-10-2/h7-8H,4-6H2,1-3H3/t7-,8+/m1/s1. The average molecular weight is 159 g/mol. The summed E-state index contributed by atoms with van der Waals surface area (Å²) in [6.07, 6.45) is 1.50. The molecule has 0 N–H and O–H groups in total. The van der Waals surface area contributed by atoms with Crippen LogP contribution in [0.2, 0.25) is 0 Å². The van der Waals surface area contributed by atoms with Crippen molar-refractivity contribution in [1.82, 2.24) is 4.90 Å². The minimum absolute atomic E-state index is 0.403. The van der Waals surface area contributed by atoms with E-state index in [1.165, 1.54) is 0 Å². The Labute approximate surface area is 68.3 Å². The summed E-state index contributed by atoms with van der Waals surface area (Å²) < 4.78 is 10.4. The molecule has 66 valence electrons. The quantitative estimate of drug-likeness (QED) is 0.593. The van der Waals surface area contributed by atoms with Crippen molar-refractivity contribution in [2.24, 2.45) is 0 Å². The molecule has 1 aliphatic heterocycles. The van der Waals surface area contributed by atoms with Gasteiger partial charge in [0.15, 0.2) is 0 Å². The van der Waals surface area contributed by atoms with Crippen LogP contribution >= 0.6 is 0 Å². The maximum absolute atomic E-state index is 5.26. The number of likely N-dealkylation sites (tertiary alicyclic amines) is 1. The summed E-state index contributed by atoms with van der Waals surface area (Å²) in [6, 6.07) is 0.546. The summed E-state index contributed by atoms with van der Waals surface area (Å²) in [5.74, 6) is 0. The van der Waals surface area contributed by atoms with Gasteiger partial charge in [-0.1, -0.05) is 0 Å². The Bertz CT molecular complexity index is 119. The normalized spacial score (nSPS) is 33.0. The zero-order chi connectivity index (χ0) is 8.27. The Kier molecular flexibility index (Phi) is 3.30. The van der Waals surface area contributed by atoms with E-state index in [0.29, 0.717) is 12.1 Å². The molecule has 0 amide bonds. The molecule has 1 heterocycles. The van der Waals surface area contributed by atoms with E-state index in [1.54, 1.807) is 14.2 Å². The minimum atomic E-state index is 0.403. The molecule has 1 saturated heterocycles. The number of rotatable bonds is 3. The van der Waals surface area contributed by atoms with Gasteiger partial charge in [0.1, 0.15) is 0 Å². The number of nitrogens with zero attached hydrogens (tertiary/aromatic N) is 1. The molecule has 0 aromatic rings. The number of likely N-dealkylation sites (N-methyl/N-ethyl adjacent to an activating group) is 1. The molecule has 0 unspecified atom stereocenters. The summed E-state index contributed by atoms with van der Waals surface area (Å²) in [7, 11) is 5.63. The molecule has 3 heteroatoms. The lowest BCUT2D eigenvalue weighted by Gasteiger charge is -2.16. The van der Waals surface area contributed by atoms with Gasteiger partial charge in [0.05, 0.1) is 12.7 Å². The molecule has 1 aliphatic rings. The average Bonchev–Trinajstić information content (AvgIpc) is 2.33. The zero-order valence-corrected chi connectivity index (χ0v) is 7.54. The molecule has 0 aromatic heterocycles. The highest BCUT2D eigenvalue weighted by atomic mass is 16.5. The maximum atomic E-state index is 5.26. The van der Waals surface area contributed by atoms with Crippen molar-refractivity contribution in [3.63, 3.8) is 0 Å². The molecular formula is C8H17NO2. The Hall–Kier alpha value is -0.120. The fourth-order valence-electron chi connectivity index (χ4n) is 1.59. The predicted octanol–water partition coefficient (Wildman–Crippen LogP) is 0.352. The predicted molar refractivity (Wildman–Crippen MR) is 43.7 cm³/mol. The Morgan fingerprint density at radius 2 is 2.18 bits per heavy atom. The molecule has 2 atom stereocenters. The first-order valence-corrected chi connectivity index (χ1v) is 4.00. The second-order valence-electron chi connectivity index (χ2n) is 3.14. The van der Waals surface area contributed by atoms with Crippen molar-refractivity contribution in [2.45, 2.75) is 18.6 Å². The first-order valence-electron chi connectivity index (χ1n) is 4.00. The van der Waals surface area contributed by atoms with E-state index in [1.807, 2.05) is 0 Å². The van der Waals surface area contributed by atoms with Crippen LogP contribution in [0.1, 0.15) is 6.42 Å². The number of ether oxygens (including phenoxy) is 2. The molecule has 11 heavy (non-hydrogen) atoms. The highest BCUT2D eigenvalue weighted by Crippen LogP contribution is 2.17. The molecule has 0 aromatic carbocycles. The monoisotopic (exact) mass is 159 g/mol. The van der Waals surface area contributed by atoms with Gasteiger partial charge in [-0.25, -0.2) is 0 Å². The van der Waals surface area contributed by atoms with Gasteiger partial charge in [-0.2, -0.15) is 0 Å². The second kappa shape index (κ2) is 4.04. The summed E-state index contributed by atoms with van der Waals surface area (Å²) >= 11 is 0. The van der Waals surface area contributed by atoms with Crippen molar-refractivity contribution in [2.75, 3.05) is 34.4 Å².